The van der Waals surface area contributed by atoms with Gasteiger partial charge in [-0.1, -0.05) is 18.2 Å². The molecule has 25 nitrogen and oxygen atoms in total. The number of likely N-dealkylation sites (tertiary alicyclic amines) is 3. The largest absolute Gasteiger partial charge is 0.494 e. The molecule has 7 aliphatic rings. The molecule has 3 N–H and O–H groups in total. The van der Waals surface area contributed by atoms with Gasteiger partial charge in [0.2, 0.25) is 5.91 Å². The molecule has 26 heteroatoms. The number of ether oxygens (including phenoxy) is 5. The van der Waals surface area contributed by atoms with Gasteiger partial charge in [-0.05, 0) is 211 Å². The van der Waals surface area contributed by atoms with Crippen LogP contribution < -0.4 is 39.1 Å². The summed E-state index contributed by atoms with van der Waals surface area (Å²) in [5.74, 6) is 3.66. The van der Waals surface area contributed by atoms with Crippen molar-refractivity contribution in [2.24, 2.45) is 11.8 Å². The van der Waals surface area contributed by atoms with Crippen molar-refractivity contribution in [3.63, 3.8) is 0 Å². The Kier molecular flexibility index (Phi) is 29.8. The number of fused-ring (bicyclic) bond motifs is 3. The number of carbonyl (C=O) groups excluding carboxylic acids is 3. The van der Waals surface area contributed by atoms with Crippen LogP contribution in [0.15, 0.2) is 90.7 Å². The lowest BCUT2D eigenvalue weighted by Gasteiger charge is -2.42. The van der Waals surface area contributed by atoms with Crippen molar-refractivity contribution in [3.05, 3.63) is 102 Å². The van der Waals surface area contributed by atoms with Gasteiger partial charge in [-0.2, -0.15) is 0 Å². The Bertz CT molecular complexity index is 4210. The summed E-state index contributed by atoms with van der Waals surface area (Å²) in [6.45, 7) is 34.4. The number of aliphatic hydroxyl groups is 2. The monoisotopic (exact) mass is 1570 g/mol. The summed E-state index contributed by atoms with van der Waals surface area (Å²) >= 11 is 1.65. The molecular formula is C87H127N15O10S. The van der Waals surface area contributed by atoms with E-state index in [0.29, 0.717) is 37.8 Å². The molecular weight excluding hydrogens is 1450 g/mol. The molecule has 7 saturated heterocycles. The standard InChI is InChI=1S/C33H47N7O3S.C28H42N4O4.C26H38N4O3/c1-24-21-25-7-5-10-35-30(25)31(32(24)43-2)39-15-6-14-38(19-20-39)28(22-29(42)34-11-18-37-12-3-4-13-37)27-23-44-33(36-27)40-16-8-26(41)9-17-40;1-28(2,3)36-27(34)32-14-6-9-22(20-32)23(12-19-33)30-15-7-16-31(18-17-30)26-24(35-4)11-10-21-8-5-13-29-25(21)26;1-26(2,3)33-25(31)30-15-10-20(11-16-30)19-28-13-6-14-29(18-17-28)24-22(32-4)9-8-21-7-5-12-27-23(21)24/h5,7,10,21,23,26,28,41H,3-4,6,8-9,11-20,22H2,1-2H3,(H,34,42);5,8,10-11,13,22-23,33H,6-7,9,12,14-20H2,1-4H3;5,7-9,12,20H,6,10-11,13-19H2,1-4H3. The van der Waals surface area contributed by atoms with E-state index in [0.717, 1.165) is 279 Å². The molecule has 0 saturated carbocycles. The Morgan fingerprint density at radius 3 is 1.70 bits per heavy atom. The SMILES string of the molecule is COc1c(C)cc2cccnc2c1N1CCCN(C(CC(=O)NCCN2CCCC2)c2csc(N3CCC(O)CC3)n2)CC1.COc1ccc2cccnc2c1N1CCCN(C(CCO)C2CCCN(C(=O)OC(C)(C)C)C2)CC1.COc1ccc2cccnc2c1N1CCCN(CC2CCN(C(=O)OC(C)(C)C)CC2)CC1. The van der Waals surface area contributed by atoms with E-state index in [4.69, 9.17) is 33.7 Å². The van der Waals surface area contributed by atoms with E-state index in [9.17, 15) is 24.6 Å². The molecule has 0 spiro atoms. The Balaban J connectivity index is 0.000000159. The third kappa shape index (κ3) is 22.5. The fourth-order valence-electron chi connectivity index (χ4n) is 17.7. The number of piperidine rings is 3. The smallest absolute Gasteiger partial charge is 0.410 e. The number of pyridine rings is 3. The lowest BCUT2D eigenvalue weighted by atomic mass is 9.87. The van der Waals surface area contributed by atoms with E-state index in [-0.39, 0.29) is 42.9 Å². The fourth-order valence-corrected chi connectivity index (χ4v) is 18.6. The van der Waals surface area contributed by atoms with E-state index < -0.39 is 11.2 Å². The van der Waals surface area contributed by atoms with Crippen LogP contribution in [0.25, 0.3) is 32.7 Å². The van der Waals surface area contributed by atoms with E-state index >= 15 is 0 Å². The minimum atomic E-state index is -0.500. The second-order valence-corrected chi connectivity index (χ2v) is 34.5. The average molecular weight is 1580 g/mol. The highest BCUT2D eigenvalue weighted by atomic mass is 32.1. The van der Waals surface area contributed by atoms with Crippen molar-refractivity contribution in [2.75, 3.05) is 198 Å². The van der Waals surface area contributed by atoms with Gasteiger partial charge in [0.15, 0.2) is 5.13 Å². The third-order valence-corrected chi connectivity index (χ3v) is 24.3. The normalized spacial score (nSPS) is 19.8. The summed E-state index contributed by atoms with van der Waals surface area (Å²) in [7, 11) is 5.20. The van der Waals surface area contributed by atoms with E-state index in [1.165, 1.54) is 12.8 Å². The number of carbonyl (C=O) groups is 3. The van der Waals surface area contributed by atoms with Crippen molar-refractivity contribution in [1.29, 1.82) is 0 Å². The second-order valence-electron chi connectivity index (χ2n) is 33.6. The zero-order valence-electron chi connectivity index (χ0n) is 69.0. The van der Waals surface area contributed by atoms with Crippen LogP contribution in [0.5, 0.6) is 17.2 Å². The number of thiazole rings is 1. The number of amides is 3. The van der Waals surface area contributed by atoms with Gasteiger partial charge in [0.1, 0.15) is 45.5 Å². The maximum atomic E-state index is 13.4. The number of methoxy groups -OCH3 is 3. The molecule has 7 aromatic rings. The molecule has 0 aliphatic carbocycles. The van der Waals surface area contributed by atoms with E-state index in [1.54, 1.807) is 32.7 Å². The van der Waals surface area contributed by atoms with Crippen LogP contribution in [0.1, 0.15) is 142 Å². The lowest BCUT2D eigenvalue weighted by Crippen LogP contribution is -2.51. The predicted octanol–water partition coefficient (Wildman–Crippen LogP) is 12.4. The molecule has 7 fully saturated rings. The average Bonchev–Trinajstić information content (AvgIpc) is 1.74. The number of hydrogen-bond donors (Lipinski definition) is 3. The summed E-state index contributed by atoms with van der Waals surface area (Å²) in [6.07, 6.45) is 17.3. The van der Waals surface area contributed by atoms with E-state index in [1.807, 2.05) is 94.2 Å². The number of rotatable bonds is 20. The molecule has 3 aromatic carbocycles. The lowest BCUT2D eigenvalue weighted by molar-refractivity contribution is -0.122. The molecule has 3 unspecified atom stereocenters. The maximum Gasteiger partial charge on any atom is 0.410 e. The zero-order valence-corrected chi connectivity index (χ0v) is 69.9. The van der Waals surface area contributed by atoms with Gasteiger partial charge in [0, 0.05) is 190 Å². The molecule has 113 heavy (non-hydrogen) atoms. The summed E-state index contributed by atoms with van der Waals surface area (Å²) in [5, 5.41) is 29.7. The second kappa shape index (κ2) is 40.0. The first kappa shape index (κ1) is 84.3. The number of aliphatic hydroxyl groups excluding tert-OH is 2. The summed E-state index contributed by atoms with van der Waals surface area (Å²) < 4.78 is 28.6. The third-order valence-electron chi connectivity index (χ3n) is 23.4. The van der Waals surface area contributed by atoms with Crippen molar-refractivity contribution in [1.82, 2.24) is 54.7 Å². The summed E-state index contributed by atoms with van der Waals surface area (Å²) in [5.41, 5.74) is 7.32. The molecule has 4 aromatic heterocycles. The predicted molar refractivity (Wildman–Crippen MR) is 452 cm³/mol. The van der Waals surface area contributed by atoms with Crippen molar-refractivity contribution in [2.45, 2.75) is 161 Å². The van der Waals surface area contributed by atoms with Gasteiger partial charge in [0.25, 0.3) is 0 Å². The first-order valence-electron chi connectivity index (χ1n) is 41.8. The van der Waals surface area contributed by atoms with Gasteiger partial charge >= 0.3 is 12.2 Å². The maximum absolute atomic E-state index is 13.4. The Morgan fingerprint density at radius 2 is 1.11 bits per heavy atom. The zero-order chi connectivity index (χ0) is 79.6. The van der Waals surface area contributed by atoms with Crippen LogP contribution in [0.3, 0.4) is 0 Å². The van der Waals surface area contributed by atoms with Gasteiger partial charge in [-0.15, -0.1) is 11.3 Å². The molecule has 3 atom stereocenters. The van der Waals surface area contributed by atoms with Gasteiger partial charge in [0.05, 0.1) is 55.7 Å². The minimum Gasteiger partial charge on any atom is -0.494 e. The van der Waals surface area contributed by atoms with Gasteiger partial charge < -0.3 is 78.4 Å². The van der Waals surface area contributed by atoms with Gasteiger partial charge in [-0.3, -0.25) is 29.5 Å². The molecule has 0 bridgehead atoms. The summed E-state index contributed by atoms with van der Waals surface area (Å²) in [6, 6.07) is 22.8. The Hall–Kier alpha value is -8.11. The number of hydrogen-bond acceptors (Lipinski definition) is 23. The molecule has 14 rings (SSSR count). The topological polar surface area (TPSA) is 234 Å². The minimum absolute atomic E-state index is 0.0847. The quantitative estimate of drug-likeness (QED) is 0.0643. The van der Waals surface area contributed by atoms with Crippen LogP contribution in [0.4, 0.5) is 31.8 Å². The van der Waals surface area contributed by atoms with Crippen molar-refractivity contribution in [3.8, 4) is 17.2 Å². The van der Waals surface area contributed by atoms with Crippen LogP contribution in [-0.4, -0.2) is 279 Å². The van der Waals surface area contributed by atoms with Crippen LogP contribution in [0.2, 0.25) is 0 Å². The number of benzene rings is 3. The van der Waals surface area contributed by atoms with Crippen LogP contribution in [0, 0.1) is 18.8 Å². The number of nitrogens with one attached hydrogen (secondary N) is 1. The first-order valence-corrected chi connectivity index (χ1v) is 42.7. The number of aromatic nitrogens is 4. The molecule has 616 valence electrons. The molecule has 3 amide bonds. The van der Waals surface area contributed by atoms with Crippen molar-refractivity contribution >= 4 is 84.3 Å². The van der Waals surface area contributed by atoms with E-state index in [2.05, 4.69) is 109 Å². The molecule has 11 heterocycles. The van der Waals surface area contributed by atoms with Crippen molar-refractivity contribution < 1.29 is 48.3 Å². The first-order chi connectivity index (χ1) is 54.6. The number of nitrogens with zero attached hydrogens (tertiary/aromatic N) is 14. The Morgan fingerprint density at radius 1 is 0.558 bits per heavy atom. The van der Waals surface area contributed by atoms with Crippen LogP contribution in [-0.2, 0) is 14.3 Å². The van der Waals surface area contributed by atoms with Gasteiger partial charge in [-0.25, -0.2) is 14.6 Å². The Labute approximate surface area is 674 Å². The number of anilines is 4. The highest BCUT2D eigenvalue weighted by Crippen LogP contribution is 2.42. The molecule has 0 radical (unpaired) electrons. The number of aryl methyl sites for hydroxylation is 1. The summed E-state index contributed by atoms with van der Waals surface area (Å²) in [4.78, 5) is 81.0. The molecule has 7 aliphatic heterocycles. The highest BCUT2D eigenvalue weighted by molar-refractivity contribution is 7.13. The van der Waals surface area contributed by atoms with Crippen LogP contribution >= 0.6 is 11.3 Å². The highest BCUT2D eigenvalue weighted by Gasteiger charge is 2.37. The fraction of sp³-hybridized carbons (Fsp3) is 0.621.